The van der Waals surface area contributed by atoms with Crippen LogP contribution in [0.4, 0.5) is 0 Å². The van der Waals surface area contributed by atoms with Gasteiger partial charge in [0.15, 0.2) is 0 Å². The quantitative estimate of drug-likeness (QED) is 0.695. The number of hydrogen-bond acceptors (Lipinski definition) is 3. The van der Waals surface area contributed by atoms with Crippen molar-refractivity contribution in [2.45, 2.75) is 52.0 Å². The minimum Gasteiger partial charge on any atom is -0.342 e. The van der Waals surface area contributed by atoms with Crippen LogP contribution in [0.5, 0.6) is 0 Å². The third-order valence-corrected chi connectivity index (χ3v) is 4.88. The second-order valence-electron chi connectivity index (χ2n) is 5.15. The van der Waals surface area contributed by atoms with Gasteiger partial charge in [0, 0.05) is 13.1 Å². The van der Waals surface area contributed by atoms with Gasteiger partial charge in [0.25, 0.3) is 0 Å². The van der Waals surface area contributed by atoms with Crippen LogP contribution in [0.2, 0.25) is 0 Å². The Kier molecular flexibility index (Phi) is 6.01. The zero-order chi connectivity index (χ0) is 13.6. The molecule has 102 valence electrons. The van der Waals surface area contributed by atoms with E-state index in [2.05, 4.69) is 19.9 Å². The maximum absolute atomic E-state index is 12.5. The van der Waals surface area contributed by atoms with Crippen molar-refractivity contribution in [3.63, 3.8) is 0 Å². The van der Waals surface area contributed by atoms with Crippen molar-refractivity contribution in [1.82, 2.24) is 4.90 Å². The minimum absolute atomic E-state index is 0.0384. The second-order valence-corrected chi connectivity index (χ2v) is 6.55. The highest BCUT2D eigenvalue weighted by atomic mass is 32.2. The summed E-state index contributed by atoms with van der Waals surface area (Å²) >= 11 is 1.90. The first-order valence-electron chi connectivity index (χ1n) is 6.83. The zero-order valence-corrected chi connectivity index (χ0v) is 12.6. The molecule has 0 radical (unpaired) electrons. The van der Waals surface area contributed by atoms with E-state index in [0.29, 0.717) is 0 Å². The SMILES string of the molecule is CCSCC[C@@H](C)N(C)C(=O)C1(C#N)CCCC1. The third kappa shape index (κ3) is 3.41. The number of nitrogens with zero attached hydrogens (tertiary/aromatic N) is 2. The summed E-state index contributed by atoms with van der Waals surface area (Å²) in [6.45, 7) is 4.22. The molecule has 0 aliphatic heterocycles. The molecule has 1 atom stereocenters. The number of hydrogen-bond donors (Lipinski definition) is 0. The van der Waals surface area contributed by atoms with Gasteiger partial charge >= 0.3 is 0 Å². The summed E-state index contributed by atoms with van der Waals surface area (Å²) in [4.78, 5) is 14.3. The maximum atomic E-state index is 12.5. The van der Waals surface area contributed by atoms with Crippen LogP contribution in [0.3, 0.4) is 0 Å². The fraction of sp³-hybridized carbons (Fsp3) is 0.857. The molecule has 0 aromatic carbocycles. The Balaban J connectivity index is 2.57. The number of rotatable bonds is 6. The molecule has 18 heavy (non-hydrogen) atoms. The average molecular weight is 268 g/mol. The first kappa shape index (κ1) is 15.4. The maximum Gasteiger partial charge on any atom is 0.243 e. The fourth-order valence-electron chi connectivity index (χ4n) is 2.48. The standard InChI is InChI=1S/C14H24N2OS/c1-4-18-10-7-12(2)16(3)13(17)14(11-15)8-5-6-9-14/h12H,4-10H2,1-3H3/t12-/m1/s1. The van der Waals surface area contributed by atoms with Gasteiger partial charge in [-0.15, -0.1) is 0 Å². The van der Waals surface area contributed by atoms with Gasteiger partial charge in [-0.2, -0.15) is 17.0 Å². The lowest BCUT2D eigenvalue weighted by molar-refractivity contribution is -0.139. The highest BCUT2D eigenvalue weighted by molar-refractivity contribution is 7.99. The fourth-order valence-corrected chi connectivity index (χ4v) is 3.28. The summed E-state index contributed by atoms with van der Waals surface area (Å²) in [6.07, 6.45) is 4.49. The van der Waals surface area contributed by atoms with Crippen LogP contribution in [0.1, 0.15) is 46.0 Å². The van der Waals surface area contributed by atoms with Gasteiger partial charge in [-0.05, 0) is 37.7 Å². The molecule has 0 bridgehead atoms. The molecule has 1 fully saturated rings. The molecule has 0 spiro atoms. The van der Waals surface area contributed by atoms with E-state index in [0.717, 1.165) is 43.6 Å². The van der Waals surface area contributed by atoms with E-state index in [1.807, 2.05) is 18.8 Å². The number of thioether (sulfide) groups is 1. The van der Waals surface area contributed by atoms with Crippen molar-refractivity contribution in [2.75, 3.05) is 18.6 Å². The van der Waals surface area contributed by atoms with Crippen LogP contribution in [-0.4, -0.2) is 35.4 Å². The molecule has 0 unspecified atom stereocenters. The lowest BCUT2D eigenvalue weighted by atomic mass is 9.86. The van der Waals surface area contributed by atoms with Gasteiger partial charge in [-0.25, -0.2) is 0 Å². The molecule has 3 nitrogen and oxygen atoms in total. The average Bonchev–Trinajstić information content (AvgIpc) is 2.87. The van der Waals surface area contributed by atoms with Gasteiger partial charge in [0.05, 0.1) is 6.07 Å². The van der Waals surface area contributed by atoms with Crippen LogP contribution in [0.15, 0.2) is 0 Å². The summed E-state index contributed by atoms with van der Waals surface area (Å²) in [5.74, 6) is 2.23. The summed E-state index contributed by atoms with van der Waals surface area (Å²) in [7, 11) is 1.85. The van der Waals surface area contributed by atoms with Crippen molar-refractivity contribution in [3.05, 3.63) is 0 Å². The Labute approximate surface area is 115 Å². The van der Waals surface area contributed by atoms with E-state index in [-0.39, 0.29) is 11.9 Å². The molecular weight excluding hydrogens is 244 g/mol. The van der Waals surface area contributed by atoms with Crippen LogP contribution < -0.4 is 0 Å². The van der Waals surface area contributed by atoms with E-state index in [9.17, 15) is 10.1 Å². The first-order valence-corrected chi connectivity index (χ1v) is 7.99. The molecule has 1 aliphatic rings. The van der Waals surface area contributed by atoms with Crippen LogP contribution in [0, 0.1) is 16.7 Å². The molecule has 1 aliphatic carbocycles. The largest absolute Gasteiger partial charge is 0.342 e. The van der Waals surface area contributed by atoms with Crippen LogP contribution in [-0.2, 0) is 4.79 Å². The van der Waals surface area contributed by atoms with Crippen LogP contribution >= 0.6 is 11.8 Å². The van der Waals surface area contributed by atoms with E-state index in [1.54, 1.807) is 4.90 Å². The Morgan fingerprint density at radius 2 is 2.11 bits per heavy atom. The normalized spacial score (nSPS) is 19.2. The summed E-state index contributed by atoms with van der Waals surface area (Å²) < 4.78 is 0. The third-order valence-electron chi connectivity index (χ3n) is 3.95. The van der Waals surface area contributed by atoms with E-state index in [4.69, 9.17) is 0 Å². The number of carbonyl (C=O) groups is 1. The molecule has 0 aromatic heterocycles. The molecule has 0 heterocycles. The van der Waals surface area contributed by atoms with Gasteiger partial charge in [-0.1, -0.05) is 19.8 Å². The van der Waals surface area contributed by atoms with Crippen molar-refractivity contribution < 1.29 is 4.79 Å². The van der Waals surface area contributed by atoms with Gasteiger partial charge in [-0.3, -0.25) is 4.79 Å². The minimum atomic E-state index is -0.721. The van der Waals surface area contributed by atoms with E-state index < -0.39 is 5.41 Å². The first-order chi connectivity index (χ1) is 8.57. The van der Waals surface area contributed by atoms with Gasteiger partial charge < -0.3 is 4.90 Å². The molecule has 0 saturated heterocycles. The lowest BCUT2D eigenvalue weighted by Gasteiger charge is -2.31. The second kappa shape index (κ2) is 7.04. The molecule has 1 amide bonds. The molecule has 1 saturated carbocycles. The molecule has 0 aromatic rings. The molecule has 0 N–H and O–H groups in total. The number of carbonyl (C=O) groups excluding carboxylic acids is 1. The molecule has 4 heteroatoms. The Hall–Kier alpha value is -0.690. The molecule has 1 rings (SSSR count). The lowest BCUT2D eigenvalue weighted by Crippen LogP contribution is -2.44. The van der Waals surface area contributed by atoms with Crippen molar-refractivity contribution in [2.24, 2.45) is 5.41 Å². The number of nitriles is 1. The Morgan fingerprint density at radius 1 is 1.50 bits per heavy atom. The van der Waals surface area contributed by atoms with Gasteiger partial charge in [0.2, 0.25) is 5.91 Å². The summed E-state index contributed by atoms with van der Waals surface area (Å²) in [6, 6.07) is 2.51. The highest BCUT2D eigenvalue weighted by Crippen LogP contribution is 2.39. The van der Waals surface area contributed by atoms with Gasteiger partial charge in [0.1, 0.15) is 5.41 Å². The summed E-state index contributed by atoms with van der Waals surface area (Å²) in [5, 5.41) is 9.33. The molecular formula is C14H24N2OS. The van der Waals surface area contributed by atoms with Crippen molar-refractivity contribution in [3.8, 4) is 6.07 Å². The monoisotopic (exact) mass is 268 g/mol. The highest BCUT2D eigenvalue weighted by Gasteiger charge is 2.43. The van der Waals surface area contributed by atoms with Crippen LogP contribution in [0.25, 0.3) is 0 Å². The van der Waals surface area contributed by atoms with E-state index in [1.165, 1.54) is 0 Å². The Morgan fingerprint density at radius 3 is 2.61 bits per heavy atom. The Bertz CT molecular complexity index is 318. The predicted octanol–water partition coefficient (Wildman–Crippen LogP) is 3.06. The topological polar surface area (TPSA) is 44.1 Å². The van der Waals surface area contributed by atoms with E-state index >= 15 is 0 Å². The zero-order valence-electron chi connectivity index (χ0n) is 11.7. The predicted molar refractivity (Wildman–Crippen MR) is 76.4 cm³/mol. The smallest absolute Gasteiger partial charge is 0.243 e. The summed E-state index contributed by atoms with van der Waals surface area (Å²) in [5.41, 5.74) is -0.721. The number of amides is 1. The van der Waals surface area contributed by atoms with Crippen molar-refractivity contribution >= 4 is 17.7 Å². The van der Waals surface area contributed by atoms with Crippen molar-refractivity contribution in [1.29, 1.82) is 5.26 Å².